The van der Waals surface area contributed by atoms with Crippen LogP contribution in [-0.4, -0.2) is 17.4 Å². The Labute approximate surface area is 103 Å². The van der Waals surface area contributed by atoms with Crippen LogP contribution in [0.4, 0.5) is 5.69 Å². The number of nitrogens with one attached hydrogen (secondary N) is 1. The molecule has 1 aromatic rings. The molecule has 1 heterocycles. The van der Waals surface area contributed by atoms with E-state index >= 15 is 0 Å². The second-order valence-electron chi connectivity index (χ2n) is 5.29. The minimum absolute atomic E-state index is 0.0621. The lowest BCUT2D eigenvalue weighted by atomic mass is 9.81. The van der Waals surface area contributed by atoms with E-state index in [1.807, 2.05) is 0 Å². The molecule has 0 aliphatic carbocycles. The van der Waals surface area contributed by atoms with Crippen molar-refractivity contribution in [3.8, 4) is 0 Å². The van der Waals surface area contributed by atoms with Gasteiger partial charge in [-0.05, 0) is 17.4 Å². The summed E-state index contributed by atoms with van der Waals surface area (Å²) < 4.78 is 0. The molecule has 0 saturated heterocycles. The number of hydrogen-bond acceptors (Lipinski definition) is 3. The van der Waals surface area contributed by atoms with E-state index < -0.39 is 0 Å². The Morgan fingerprint density at radius 1 is 1.53 bits per heavy atom. The summed E-state index contributed by atoms with van der Waals surface area (Å²) in [5, 5.41) is 2.90. The molecular formula is C13H21N3O. The largest absolute Gasteiger partial charge is 0.398 e. The summed E-state index contributed by atoms with van der Waals surface area (Å²) in [7, 11) is 0. The average molecular weight is 235 g/mol. The lowest BCUT2D eigenvalue weighted by Gasteiger charge is -2.29. The van der Waals surface area contributed by atoms with Gasteiger partial charge in [-0.15, -0.1) is 0 Å². The van der Waals surface area contributed by atoms with Gasteiger partial charge in [0.15, 0.2) is 0 Å². The van der Waals surface area contributed by atoms with Crippen molar-refractivity contribution in [1.82, 2.24) is 10.3 Å². The van der Waals surface area contributed by atoms with Gasteiger partial charge >= 0.3 is 0 Å². The quantitative estimate of drug-likeness (QED) is 0.839. The molecule has 0 fully saturated rings. The molecule has 0 saturated carbocycles. The molecule has 0 radical (unpaired) electrons. The highest BCUT2D eigenvalue weighted by Crippen LogP contribution is 2.24. The van der Waals surface area contributed by atoms with Crippen molar-refractivity contribution in [3.63, 3.8) is 0 Å². The van der Waals surface area contributed by atoms with Crippen molar-refractivity contribution >= 4 is 11.6 Å². The number of nitrogens with zero attached hydrogens (tertiary/aromatic N) is 1. The molecule has 0 aromatic carbocycles. The lowest BCUT2D eigenvalue weighted by molar-refractivity contribution is 0.0925. The lowest BCUT2D eigenvalue weighted by Crippen LogP contribution is -2.37. The molecule has 0 unspecified atom stereocenters. The molecule has 1 aromatic heterocycles. The molecule has 0 aliphatic heterocycles. The number of carbonyl (C=O) groups is 1. The molecule has 0 atom stereocenters. The van der Waals surface area contributed by atoms with Crippen LogP contribution >= 0.6 is 0 Å². The van der Waals surface area contributed by atoms with Gasteiger partial charge < -0.3 is 11.1 Å². The summed E-state index contributed by atoms with van der Waals surface area (Å²) in [6, 6.07) is 1.63. The molecule has 4 nitrogen and oxygen atoms in total. The minimum Gasteiger partial charge on any atom is -0.398 e. The highest BCUT2D eigenvalue weighted by molar-refractivity contribution is 5.98. The Kier molecular flexibility index (Phi) is 4.10. The first kappa shape index (κ1) is 13.5. The first-order valence-electron chi connectivity index (χ1n) is 5.82. The predicted octanol–water partition coefficient (Wildman–Crippen LogP) is 2.08. The van der Waals surface area contributed by atoms with Crippen LogP contribution in [0.1, 0.15) is 38.1 Å². The Hall–Kier alpha value is -1.58. The van der Waals surface area contributed by atoms with Gasteiger partial charge in [0.2, 0.25) is 0 Å². The Morgan fingerprint density at radius 3 is 2.71 bits per heavy atom. The Bertz CT molecular complexity index is 399. The average Bonchev–Trinajstić information content (AvgIpc) is 2.26. The molecule has 1 rings (SSSR count). The van der Waals surface area contributed by atoms with Crippen molar-refractivity contribution in [3.05, 3.63) is 24.0 Å². The first-order chi connectivity index (χ1) is 7.84. The fourth-order valence-electron chi connectivity index (χ4n) is 1.20. The standard InChI is InChI=1S/C13H21N3O/c1-9(2)13(3,4)8-16-12(17)10-7-15-6-5-11(10)14/h5-7,9H,8H2,1-4H3,(H2,14,15)(H,16,17). The van der Waals surface area contributed by atoms with E-state index in [1.54, 1.807) is 12.3 Å². The van der Waals surface area contributed by atoms with E-state index in [4.69, 9.17) is 5.73 Å². The molecule has 4 heteroatoms. The fraction of sp³-hybridized carbons (Fsp3) is 0.538. The fourth-order valence-corrected chi connectivity index (χ4v) is 1.20. The maximum Gasteiger partial charge on any atom is 0.254 e. The third kappa shape index (κ3) is 3.44. The third-order valence-electron chi connectivity index (χ3n) is 3.37. The second-order valence-corrected chi connectivity index (χ2v) is 5.29. The van der Waals surface area contributed by atoms with Gasteiger partial charge in [0.1, 0.15) is 0 Å². The SMILES string of the molecule is CC(C)C(C)(C)CNC(=O)c1cnccc1N. The topological polar surface area (TPSA) is 68.0 Å². The monoisotopic (exact) mass is 235 g/mol. The zero-order valence-corrected chi connectivity index (χ0v) is 10.9. The van der Waals surface area contributed by atoms with Gasteiger partial charge in [-0.25, -0.2) is 0 Å². The number of pyridine rings is 1. The molecule has 17 heavy (non-hydrogen) atoms. The van der Waals surface area contributed by atoms with Crippen LogP contribution < -0.4 is 11.1 Å². The molecule has 0 spiro atoms. The normalized spacial score (nSPS) is 11.6. The van der Waals surface area contributed by atoms with Crippen LogP contribution in [0.3, 0.4) is 0 Å². The number of amides is 1. The van der Waals surface area contributed by atoms with Crippen LogP contribution in [0.2, 0.25) is 0 Å². The van der Waals surface area contributed by atoms with E-state index in [0.717, 1.165) is 0 Å². The van der Waals surface area contributed by atoms with Gasteiger partial charge in [0.05, 0.1) is 5.56 Å². The van der Waals surface area contributed by atoms with E-state index in [2.05, 4.69) is 38.0 Å². The molecule has 1 amide bonds. The van der Waals surface area contributed by atoms with E-state index in [1.165, 1.54) is 6.20 Å². The number of aromatic nitrogens is 1. The van der Waals surface area contributed by atoms with Gasteiger partial charge in [-0.2, -0.15) is 0 Å². The highest BCUT2D eigenvalue weighted by Gasteiger charge is 2.23. The molecule has 0 aliphatic rings. The summed E-state index contributed by atoms with van der Waals surface area (Å²) in [5.41, 5.74) is 6.68. The second kappa shape index (κ2) is 5.17. The number of anilines is 1. The van der Waals surface area contributed by atoms with Crippen LogP contribution in [0, 0.1) is 11.3 Å². The van der Waals surface area contributed by atoms with Gasteiger partial charge in [0, 0.05) is 24.6 Å². The summed E-state index contributed by atoms with van der Waals surface area (Å²) in [6.07, 6.45) is 3.07. The van der Waals surface area contributed by atoms with Crippen LogP contribution in [0.5, 0.6) is 0 Å². The van der Waals surface area contributed by atoms with Crippen molar-refractivity contribution in [2.75, 3.05) is 12.3 Å². The van der Waals surface area contributed by atoms with Gasteiger partial charge in [-0.1, -0.05) is 27.7 Å². The van der Waals surface area contributed by atoms with Gasteiger partial charge in [-0.3, -0.25) is 9.78 Å². The molecule has 3 N–H and O–H groups in total. The predicted molar refractivity (Wildman–Crippen MR) is 69.6 cm³/mol. The van der Waals surface area contributed by atoms with Crippen LogP contribution in [0.15, 0.2) is 18.5 Å². The number of rotatable bonds is 4. The minimum atomic E-state index is -0.163. The summed E-state index contributed by atoms with van der Waals surface area (Å²) in [6.45, 7) is 9.17. The number of nitrogens with two attached hydrogens (primary N) is 1. The first-order valence-corrected chi connectivity index (χ1v) is 5.82. The van der Waals surface area contributed by atoms with E-state index in [0.29, 0.717) is 23.7 Å². The van der Waals surface area contributed by atoms with Crippen molar-refractivity contribution in [2.45, 2.75) is 27.7 Å². The molecule has 94 valence electrons. The van der Waals surface area contributed by atoms with E-state index in [-0.39, 0.29) is 11.3 Å². The van der Waals surface area contributed by atoms with Gasteiger partial charge in [0.25, 0.3) is 5.91 Å². The third-order valence-corrected chi connectivity index (χ3v) is 3.37. The zero-order chi connectivity index (χ0) is 13.1. The van der Waals surface area contributed by atoms with E-state index in [9.17, 15) is 4.79 Å². The summed E-state index contributed by atoms with van der Waals surface area (Å²) in [5.74, 6) is 0.332. The smallest absolute Gasteiger partial charge is 0.254 e. The Balaban J connectivity index is 2.66. The van der Waals surface area contributed by atoms with Crippen molar-refractivity contribution in [2.24, 2.45) is 11.3 Å². The summed E-state index contributed by atoms with van der Waals surface area (Å²) in [4.78, 5) is 15.8. The van der Waals surface area contributed by atoms with Crippen LogP contribution in [0.25, 0.3) is 0 Å². The molecular weight excluding hydrogens is 214 g/mol. The van der Waals surface area contributed by atoms with Crippen molar-refractivity contribution < 1.29 is 4.79 Å². The maximum atomic E-state index is 11.9. The number of carbonyl (C=O) groups excluding carboxylic acids is 1. The van der Waals surface area contributed by atoms with Crippen LogP contribution in [-0.2, 0) is 0 Å². The Morgan fingerprint density at radius 2 is 2.18 bits per heavy atom. The number of hydrogen-bond donors (Lipinski definition) is 2. The maximum absolute atomic E-state index is 11.9. The summed E-state index contributed by atoms with van der Waals surface area (Å²) >= 11 is 0. The van der Waals surface area contributed by atoms with Crippen molar-refractivity contribution in [1.29, 1.82) is 0 Å². The highest BCUT2D eigenvalue weighted by atomic mass is 16.1. The molecule has 0 bridgehead atoms. The number of nitrogen functional groups attached to an aromatic ring is 1. The zero-order valence-electron chi connectivity index (χ0n) is 10.9.